The number of aromatic nitrogens is 10. The second-order valence-electron chi connectivity index (χ2n) is 27.2. The van der Waals surface area contributed by atoms with Crippen LogP contribution in [0, 0.1) is 76.1 Å². The fourth-order valence-electron chi connectivity index (χ4n) is 12.3. The monoisotopic (exact) mass is 1690 g/mol. The van der Waals surface area contributed by atoms with Gasteiger partial charge in [0.2, 0.25) is 0 Å². The normalized spacial score (nSPS) is 11.0. The average Bonchev–Trinajstić information content (AvgIpc) is 0.964. The van der Waals surface area contributed by atoms with Gasteiger partial charge >= 0.3 is 6.18 Å². The van der Waals surface area contributed by atoms with Crippen LogP contribution in [0.1, 0.15) is 65.1 Å². The van der Waals surface area contributed by atoms with Crippen LogP contribution in [-0.4, -0.2) is 78.3 Å². The summed E-state index contributed by atoms with van der Waals surface area (Å²) in [7, 11) is 6.18. The lowest BCUT2D eigenvalue weighted by molar-refractivity contribution is -0.137. The van der Waals surface area contributed by atoms with Crippen LogP contribution in [0.5, 0.6) is 46.0 Å². The molecule has 0 atom stereocenters. The third-order valence-electron chi connectivity index (χ3n) is 18.5. The highest BCUT2D eigenvalue weighted by Gasteiger charge is 2.30. The Kier molecular flexibility index (Phi) is 27.2. The highest BCUT2D eigenvalue weighted by molar-refractivity contribution is 7.11. The predicted octanol–water partition coefficient (Wildman–Crippen LogP) is 22.1. The molecule has 0 fully saturated rings. The number of nitrogens with zero attached hydrogens (tertiary/aromatic N) is 11. The fraction of sp³-hybridized carbons (Fsp3) is 0.167. The van der Waals surface area contributed by atoms with E-state index in [4.69, 9.17) is 43.2 Å². The van der Waals surface area contributed by atoms with Crippen molar-refractivity contribution in [1.29, 1.82) is 5.26 Å². The molecule has 16 rings (SSSR count). The third kappa shape index (κ3) is 21.5. The molecule has 0 spiro atoms. The van der Waals surface area contributed by atoms with Crippen molar-refractivity contribution >= 4 is 112 Å². The minimum atomic E-state index is -4.39. The molecule has 0 aliphatic carbocycles. The molecular weight excluding hydrogens is 1620 g/mol. The first-order valence-corrected chi connectivity index (χ1v) is 39.0. The largest absolute Gasteiger partial charge is 0.493 e. The van der Waals surface area contributed by atoms with E-state index in [0.717, 1.165) is 71.6 Å². The molecule has 10 aromatic carbocycles. The van der Waals surface area contributed by atoms with Gasteiger partial charge in [0, 0.05) is 68.8 Å². The van der Waals surface area contributed by atoms with Crippen molar-refractivity contribution in [3.8, 4) is 52.1 Å². The number of aryl methyl sites for hydroxylation is 6. The molecule has 16 aromatic rings. The molecule has 620 valence electrons. The van der Waals surface area contributed by atoms with Gasteiger partial charge in [0.1, 0.15) is 98.3 Å². The van der Waals surface area contributed by atoms with Crippen LogP contribution in [0.4, 0.5) is 76.8 Å². The van der Waals surface area contributed by atoms with Gasteiger partial charge < -0.3 is 59.2 Å². The Bertz CT molecular complexity index is 6320. The van der Waals surface area contributed by atoms with Gasteiger partial charge in [0.05, 0.1) is 99.7 Å². The zero-order valence-corrected chi connectivity index (χ0v) is 68.7. The summed E-state index contributed by atoms with van der Waals surface area (Å²) >= 11 is 3.17. The molecule has 122 heavy (non-hydrogen) atoms. The molecule has 0 aliphatic rings. The van der Waals surface area contributed by atoms with Crippen LogP contribution >= 0.6 is 22.7 Å². The van der Waals surface area contributed by atoms with Crippen molar-refractivity contribution in [2.45, 2.75) is 74.1 Å². The molecule has 0 bridgehead atoms. The summed E-state index contributed by atoms with van der Waals surface area (Å²) in [6.45, 7) is 12.0. The van der Waals surface area contributed by atoms with Crippen molar-refractivity contribution in [2.75, 3.05) is 49.7 Å². The Morgan fingerprint density at radius 1 is 0.393 bits per heavy atom. The van der Waals surface area contributed by atoms with E-state index in [0.29, 0.717) is 143 Å². The summed E-state index contributed by atoms with van der Waals surface area (Å²) in [4.78, 5) is 44.1. The van der Waals surface area contributed by atoms with Crippen molar-refractivity contribution in [3.63, 3.8) is 0 Å². The Hall–Kier alpha value is -14.6. The molecule has 23 nitrogen and oxygen atoms in total. The van der Waals surface area contributed by atoms with Gasteiger partial charge in [0.15, 0.2) is 46.0 Å². The highest BCUT2D eigenvalue weighted by Crippen LogP contribution is 2.41. The number of halogens is 7. The van der Waals surface area contributed by atoms with Crippen LogP contribution in [-0.2, 0) is 32.6 Å². The van der Waals surface area contributed by atoms with Gasteiger partial charge in [-0.3, -0.25) is 0 Å². The SMILES string of the molecule is COc1cc2c(Nc3ccc(C)cc3F)ncnc2cc1OCc1ccc(C(F)(F)F)cc1.COc1cc2c(Nc3ccc(C)cc3F)ncnc2cc1OCc1cccc(C#N)c1.COc1cc2c(Nc3ccc(F)c(C)c3)ncnc2cc1OCc1cnc(C)s1.COc1cc2c(Nc3ccc(F)c(C)c3)ncnc2cc1OCc1csc(C)n1. The second-order valence-corrected chi connectivity index (χ2v) is 29.6. The minimum Gasteiger partial charge on any atom is -0.493 e. The number of fused-ring (bicyclic) bond motifs is 4. The number of ether oxygens (including phenoxy) is 8. The summed E-state index contributed by atoms with van der Waals surface area (Å²) in [5.74, 6) is 4.81. The lowest BCUT2D eigenvalue weighted by Crippen LogP contribution is -2.05. The number of alkyl halides is 3. The van der Waals surface area contributed by atoms with E-state index in [1.807, 2.05) is 74.8 Å². The molecule has 0 saturated heterocycles. The van der Waals surface area contributed by atoms with Gasteiger partial charge in [-0.05, 0) is 184 Å². The molecular formula is C90H76F7N15O8S2. The van der Waals surface area contributed by atoms with E-state index in [1.54, 1.807) is 144 Å². The smallest absolute Gasteiger partial charge is 0.416 e. The maximum Gasteiger partial charge on any atom is 0.416 e. The average molecular weight is 1690 g/mol. The maximum atomic E-state index is 14.3. The van der Waals surface area contributed by atoms with Crippen molar-refractivity contribution in [1.82, 2.24) is 49.8 Å². The van der Waals surface area contributed by atoms with E-state index in [2.05, 4.69) is 77.2 Å². The number of benzene rings is 10. The number of methoxy groups -OCH3 is 4. The summed E-state index contributed by atoms with van der Waals surface area (Å²) in [5.41, 5.74) is 9.47. The predicted molar refractivity (Wildman–Crippen MR) is 456 cm³/mol. The van der Waals surface area contributed by atoms with Gasteiger partial charge in [-0.1, -0.05) is 36.4 Å². The van der Waals surface area contributed by atoms with E-state index in [9.17, 15) is 30.7 Å². The van der Waals surface area contributed by atoms with Gasteiger partial charge in [-0.15, -0.1) is 22.7 Å². The zero-order valence-electron chi connectivity index (χ0n) is 67.1. The number of thiazole rings is 2. The molecule has 0 amide bonds. The third-order valence-corrected chi connectivity index (χ3v) is 20.2. The van der Waals surface area contributed by atoms with Crippen molar-refractivity contribution in [3.05, 3.63) is 295 Å². The van der Waals surface area contributed by atoms with E-state index < -0.39 is 17.6 Å². The Morgan fingerprint density at radius 3 is 1.19 bits per heavy atom. The lowest BCUT2D eigenvalue weighted by Gasteiger charge is -2.14. The summed E-state index contributed by atoms with van der Waals surface area (Å²) in [6.07, 6.45) is 3.10. The number of nitrogens with one attached hydrogen (secondary N) is 4. The van der Waals surface area contributed by atoms with Gasteiger partial charge in [-0.25, -0.2) is 67.4 Å². The van der Waals surface area contributed by atoms with Crippen LogP contribution in [0.25, 0.3) is 43.6 Å². The van der Waals surface area contributed by atoms with E-state index >= 15 is 0 Å². The number of anilines is 8. The first kappa shape index (κ1) is 85.3. The molecule has 0 radical (unpaired) electrons. The first-order valence-electron chi connectivity index (χ1n) is 37.3. The van der Waals surface area contributed by atoms with E-state index in [1.165, 1.54) is 68.8 Å². The summed E-state index contributed by atoms with van der Waals surface area (Å²) in [6, 6.07) is 47.6. The zero-order chi connectivity index (χ0) is 86.1. The molecule has 6 heterocycles. The maximum absolute atomic E-state index is 14.3. The second kappa shape index (κ2) is 38.9. The number of rotatable bonds is 24. The standard InChI is InChI=1S/C24H19F4N3O2.C24H19FN4O2.2C21H19FN4O2S/c1-14-3-8-19(18(25)9-14)31-23-17-10-21(32-2)22(11-20(17)29-13-30-23)33-12-15-4-6-16(7-5-15)24(26,27)28;1-15-6-7-20(19(25)8-15)29-24-18-10-22(30-2)23(11-21(18)27-14-28-24)31-13-17-5-3-4-16(9-17)12-26;1-12-6-14(4-5-17(12)22)26-21-16-7-19(27-3)20(8-18(16)23-11-24-21)28-9-15-10-29-13(2)25-15;1-12-6-14(4-5-17(12)22)26-21-16-7-19(27-3)20(8-18(16)24-11-25-21)28-10-15-9-23-13(2)29-15/h3-11,13H,12H2,1-2H3,(H,29,30,31);3-11,14H,13H2,1-2H3,(H,27,28,29);4-8,10-11H,9H2,1-3H3,(H,23,24,26);4-9,11H,10H2,1-3H3,(H,24,25,26). The van der Waals surface area contributed by atoms with E-state index in [-0.39, 0.29) is 36.4 Å². The topological polar surface area (TPSA) is 275 Å². The van der Waals surface area contributed by atoms with Crippen LogP contribution in [0.2, 0.25) is 0 Å². The van der Waals surface area contributed by atoms with Crippen LogP contribution in [0.3, 0.4) is 0 Å². The number of hydrogen-bond acceptors (Lipinski definition) is 25. The Balaban J connectivity index is 0.000000140. The summed E-state index contributed by atoms with van der Waals surface area (Å²) < 4.78 is 139. The van der Waals surface area contributed by atoms with Crippen molar-refractivity contribution < 1.29 is 68.6 Å². The molecule has 0 unspecified atom stereocenters. The Morgan fingerprint density at radius 2 is 0.811 bits per heavy atom. The quantitative estimate of drug-likeness (QED) is 0.0409. The number of nitriles is 1. The highest BCUT2D eigenvalue weighted by atomic mass is 32.1. The lowest BCUT2D eigenvalue weighted by atomic mass is 10.1. The molecule has 32 heteroatoms. The summed E-state index contributed by atoms with van der Waals surface area (Å²) in [5, 5.41) is 28.2. The molecule has 4 N–H and O–H groups in total. The van der Waals surface area contributed by atoms with Gasteiger partial charge in [-0.2, -0.15) is 18.4 Å². The molecule has 0 saturated carbocycles. The van der Waals surface area contributed by atoms with Crippen molar-refractivity contribution in [2.24, 2.45) is 0 Å². The first-order chi connectivity index (χ1) is 58.9. The minimum absolute atomic E-state index is 0.0325. The fourth-order valence-corrected chi connectivity index (χ4v) is 13.6. The van der Waals surface area contributed by atoms with Crippen LogP contribution < -0.4 is 59.2 Å². The van der Waals surface area contributed by atoms with Gasteiger partial charge in [0.25, 0.3) is 0 Å². The number of hydrogen-bond donors (Lipinski definition) is 4. The molecule has 0 aliphatic heterocycles. The van der Waals surface area contributed by atoms with Crippen LogP contribution in [0.15, 0.2) is 207 Å². The Labute approximate surface area is 703 Å². The molecule has 6 aromatic heterocycles.